The maximum absolute atomic E-state index is 12.8. The van der Waals surface area contributed by atoms with Crippen molar-refractivity contribution in [2.45, 2.75) is 50.7 Å². The van der Waals surface area contributed by atoms with Gasteiger partial charge in [-0.15, -0.1) is 10.2 Å². The Bertz CT molecular complexity index is 737. The number of aliphatic hydroxyl groups is 1. The Balaban J connectivity index is 2.09. The summed E-state index contributed by atoms with van der Waals surface area (Å²) in [5.74, 6) is -0.649. The molecule has 0 spiro atoms. The van der Waals surface area contributed by atoms with Gasteiger partial charge in [-0.3, -0.25) is 10.1 Å². The van der Waals surface area contributed by atoms with E-state index in [9.17, 15) is 18.3 Å². The van der Waals surface area contributed by atoms with Gasteiger partial charge < -0.3 is 9.84 Å². The van der Waals surface area contributed by atoms with Gasteiger partial charge in [-0.2, -0.15) is 0 Å². The van der Waals surface area contributed by atoms with Crippen LogP contribution in [0.4, 0.5) is 5.13 Å². The van der Waals surface area contributed by atoms with E-state index in [1.54, 1.807) is 13.8 Å². The van der Waals surface area contributed by atoms with Crippen molar-refractivity contribution >= 4 is 32.2 Å². The molecule has 0 radical (unpaired) electrons. The van der Waals surface area contributed by atoms with Crippen LogP contribution in [-0.4, -0.2) is 59.9 Å². The number of anilines is 1. The lowest BCUT2D eigenvalue weighted by Gasteiger charge is -2.28. The first-order valence-electron chi connectivity index (χ1n) is 8.56. The van der Waals surface area contributed by atoms with E-state index < -0.39 is 25.9 Å². The van der Waals surface area contributed by atoms with Gasteiger partial charge in [0.05, 0.1) is 12.4 Å². The van der Waals surface area contributed by atoms with Crippen LogP contribution >= 0.6 is 11.3 Å². The largest absolute Gasteiger partial charge is 0.395 e. The van der Waals surface area contributed by atoms with E-state index in [1.165, 1.54) is 13.8 Å². The molecule has 1 aliphatic heterocycles. The molecule has 0 saturated carbocycles. The predicted molar refractivity (Wildman–Crippen MR) is 100 cm³/mol. The number of carbonyl (C=O) groups is 1. The first kappa shape index (κ1) is 21.2. The topological polar surface area (TPSA) is 118 Å². The third-order valence-corrected chi connectivity index (χ3v) is 8.60. The highest BCUT2D eigenvalue weighted by atomic mass is 32.2. The predicted octanol–water partition coefficient (Wildman–Crippen LogP) is 1.37. The maximum atomic E-state index is 12.8. The maximum Gasteiger partial charge on any atom is 0.247 e. The number of hydrogen-bond donors (Lipinski definition) is 2. The minimum Gasteiger partial charge on any atom is -0.395 e. The molecule has 1 amide bonds. The van der Waals surface area contributed by atoms with Crippen molar-refractivity contribution in [3.05, 3.63) is 5.01 Å². The van der Waals surface area contributed by atoms with E-state index in [0.717, 1.165) is 11.3 Å². The second-order valence-electron chi connectivity index (χ2n) is 7.76. The van der Waals surface area contributed by atoms with E-state index in [1.807, 2.05) is 0 Å². The Hall–Kier alpha value is -1.10. The van der Waals surface area contributed by atoms with Gasteiger partial charge in [0.25, 0.3) is 0 Å². The zero-order chi connectivity index (χ0) is 19.6. The number of hydrogen-bond acceptors (Lipinski definition) is 8. The lowest BCUT2D eigenvalue weighted by molar-refractivity contribution is -0.117. The fourth-order valence-corrected chi connectivity index (χ4v) is 4.97. The van der Waals surface area contributed by atoms with Gasteiger partial charge >= 0.3 is 0 Å². The molecule has 1 aromatic rings. The molecule has 8 nitrogen and oxygen atoms in total. The molecule has 1 aliphatic rings. The number of amides is 1. The Kier molecular flexibility index (Phi) is 6.42. The SMILES string of the molecule is CC(C)(CO)c1nnc(NC(=O)C(C)(C)S(=O)(=O)CC2CCOCC2)s1. The summed E-state index contributed by atoms with van der Waals surface area (Å²) in [7, 11) is -3.66. The molecule has 2 N–H and O–H groups in total. The van der Waals surface area contributed by atoms with Crippen molar-refractivity contribution in [1.29, 1.82) is 0 Å². The third kappa shape index (κ3) is 4.59. The Morgan fingerprint density at radius 1 is 1.27 bits per heavy atom. The first-order valence-corrected chi connectivity index (χ1v) is 11.0. The summed E-state index contributed by atoms with van der Waals surface area (Å²) in [4.78, 5) is 12.6. The molecule has 26 heavy (non-hydrogen) atoms. The smallest absolute Gasteiger partial charge is 0.247 e. The molecule has 2 heterocycles. The van der Waals surface area contributed by atoms with Crippen molar-refractivity contribution in [1.82, 2.24) is 10.2 Å². The van der Waals surface area contributed by atoms with Crippen LogP contribution in [0, 0.1) is 5.92 Å². The molecule has 2 rings (SSSR count). The molecule has 1 fully saturated rings. The van der Waals surface area contributed by atoms with Crippen LogP contribution in [0.25, 0.3) is 0 Å². The van der Waals surface area contributed by atoms with E-state index in [0.29, 0.717) is 31.1 Å². The zero-order valence-corrected chi connectivity index (χ0v) is 17.2. The Morgan fingerprint density at radius 2 is 1.88 bits per heavy atom. The standard InChI is InChI=1S/C16H27N3O5S2/c1-15(2,10-20)13-18-19-14(25-13)17-12(21)16(3,4)26(22,23)9-11-5-7-24-8-6-11/h11,20H,5-10H2,1-4H3,(H,17,19,21). The van der Waals surface area contributed by atoms with E-state index >= 15 is 0 Å². The number of rotatable bonds is 7. The molecular formula is C16H27N3O5S2. The minimum absolute atomic E-state index is 0.0133. The van der Waals surface area contributed by atoms with Gasteiger partial charge in [0.1, 0.15) is 9.75 Å². The second-order valence-corrected chi connectivity index (χ2v) is 11.3. The molecule has 0 atom stereocenters. The Labute approximate surface area is 158 Å². The van der Waals surface area contributed by atoms with Gasteiger partial charge in [0, 0.05) is 18.6 Å². The normalized spacial score (nSPS) is 17.3. The summed E-state index contributed by atoms with van der Waals surface area (Å²) in [6.45, 7) is 7.44. The average molecular weight is 406 g/mol. The summed E-state index contributed by atoms with van der Waals surface area (Å²) >= 11 is 1.13. The van der Waals surface area contributed by atoms with E-state index in [-0.39, 0.29) is 23.4 Å². The number of carbonyl (C=O) groups excluding carboxylic acids is 1. The van der Waals surface area contributed by atoms with Gasteiger partial charge in [0.15, 0.2) is 9.84 Å². The van der Waals surface area contributed by atoms with Crippen LogP contribution in [0.3, 0.4) is 0 Å². The second kappa shape index (κ2) is 7.87. The fraction of sp³-hybridized carbons (Fsp3) is 0.812. The van der Waals surface area contributed by atoms with Crippen molar-refractivity contribution in [2.24, 2.45) is 5.92 Å². The number of aliphatic hydroxyl groups excluding tert-OH is 1. The van der Waals surface area contributed by atoms with Crippen LogP contribution < -0.4 is 5.32 Å². The monoisotopic (exact) mass is 405 g/mol. The highest BCUT2D eigenvalue weighted by Gasteiger charge is 2.43. The quantitative estimate of drug-likeness (QED) is 0.703. The van der Waals surface area contributed by atoms with Crippen LogP contribution in [0.5, 0.6) is 0 Å². The number of sulfone groups is 1. The molecule has 1 aromatic heterocycles. The lowest BCUT2D eigenvalue weighted by atomic mass is 9.96. The summed E-state index contributed by atoms with van der Waals surface area (Å²) in [6.07, 6.45) is 1.37. The van der Waals surface area contributed by atoms with Gasteiger partial charge in [-0.1, -0.05) is 25.2 Å². The van der Waals surface area contributed by atoms with Gasteiger partial charge in [-0.05, 0) is 32.6 Å². The van der Waals surface area contributed by atoms with Gasteiger partial charge in [0.2, 0.25) is 11.0 Å². The lowest BCUT2D eigenvalue weighted by Crippen LogP contribution is -2.47. The summed E-state index contributed by atoms with van der Waals surface area (Å²) in [5.41, 5.74) is -0.578. The van der Waals surface area contributed by atoms with Crippen molar-refractivity contribution < 1.29 is 23.1 Å². The van der Waals surface area contributed by atoms with Crippen molar-refractivity contribution in [2.75, 3.05) is 30.9 Å². The van der Waals surface area contributed by atoms with Crippen molar-refractivity contribution in [3.63, 3.8) is 0 Å². The van der Waals surface area contributed by atoms with E-state index in [2.05, 4.69) is 15.5 Å². The summed E-state index contributed by atoms with van der Waals surface area (Å²) in [5, 5.41) is 20.6. The molecule has 0 aromatic carbocycles. The molecule has 10 heteroatoms. The highest BCUT2D eigenvalue weighted by Crippen LogP contribution is 2.30. The number of nitrogens with one attached hydrogen (secondary N) is 1. The molecular weight excluding hydrogens is 378 g/mol. The minimum atomic E-state index is -3.66. The number of nitrogens with zero attached hydrogens (tertiary/aromatic N) is 2. The van der Waals surface area contributed by atoms with Crippen LogP contribution in [0.1, 0.15) is 45.5 Å². The highest BCUT2D eigenvalue weighted by molar-refractivity contribution is 7.93. The number of ether oxygens (including phenoxy) is 1. The average Bonchev–Trinajstić information content (AvgIpc) is 3.04. The van der Waals surface area contributed by atoms with Gasteiger partial charge in [-0.25, -0.2) is 8.42 Å². The summed E-state index contributed by atoms with van der Waals surface area (Å²) in [6, 6.07) is 0. The fourth-order valence-electron chi connectivity index (χ4n) is 2.44. The van der Waals surface area contributed by atoms with E-state index in [4.69, 9.17) is 4.74 Å². The van der Waals surface area contributed by atoms with Crippen LogP contribution in [0.15, 0.2) is 0 Å². The molecule has 1 saturated heterocycles. The van der Waals surface area contributed by atoms with Crippen LogP contribution in [0.2, 0.25) is 0 Å². The zero-order valence-electron chi connectivity index (χ0n) is 15.6. The first-order chi connectivity index (χ1) is 12.0. The van der Waals surface area contributed by atoms with Crippen LogP contribution in [-0.2, 0) is 24.8 Å². The molecule has 148 valence electrons. The number of aromatic nitrogens is 2. The molecule has 0 bridgehead atoms. The van der Waals surface area contributed by atoms with Crippen molar-refractivity contribution in [3.8, 4) is 0 Å². The molecule has 0 aliphatic carbocycles. The third-order valence-electron chi connectivity index (χ3n) is 4.74. The Morgan fingerprint density at radius 3 is 2.46 bits per heavy atom. The molecule has 0 unspecified atom stereocenters. The summed E-state index contributed by atoms with van der Waals surface area (Å²) < 4.78 is 29.3.